The molecule has 0 spiro atoms. The van der Waals surface area contributed by atoms with Gasteiger partial charge in [0.05, 0.1) is 43.9 Å². The van der Waals surface area contributed by atoms with Crippen LogP contribution < -0.4 is 14.8 Å². The Hall–Kier alpha value is -4.98. The quantitative estimate of drug-likeness (QED) is 0.275. The van der Waals surface area contributed by atoms with Gasteiger partial charge in [0.2, 0.25) is 0 Å². The molecule has 8 heteroatoms. The number of amides is 2. The Morgan fingerprint density at radius 1 is 0.925 bits per heavy atom. The van der Waals surface area contributed by atoms with Gasteiger partial charge in [-0.05, 0) is 48.4 Å². The van der Waals surface area contributed by atoms with Crippen LogP contribution in [0.1, 0.15) is 35.5 Å². The molecular weight excluding hydrogens is 502 g/mol. The first-order valence-electron chi connectivity index (χ1n) is 13.3. The number of aryl methyl sites for hydroxylation is 1. The van der Waals surface area contributed by atoms with Crippen molar-refractivity contribution in [2.75, 3.05) is 19.5 Å². The van der Waals surface area contributed by atoms with E-state index < -0.39 is 0 Å². The number of anilines is 1. The van der Waals surface area contributed by atoms with Crippen molar-refractivity contribution in [2.45, 2.75) is 25.9 Å². The molecule has 3 heterocycles. The molecule has 0 radical (unpaired) electrons. The number of rotatable bonds is 6. The minimum atomic E-state index is -0.335. The predicted octanol–water partition coefficient (Wildman–Crippen LogP) is 6.38. The van der Waals surface area contributed by atoms with Gasteiger partial charge in [-0.25, -0.2) is 9.48 Å². The van der Waals surface area contributed by atoms with Crippen LogP contribution in [0.5, 0.6) is 11.5 Å². The van der Waals surface area contributed by atoms with Gasteiger partial charge >= 0.3 is 6.03 Å². The van der Waals surface area contributed by atoms with E-state index in [1.807, 2.05) is 58.1 Å². The minimum Gasteiger partial charge on any atom is -0.493 e. The standard InChI is InChI=1S/C32H31N5O3/c1-4-26-25-21-36(32(38)33-23-17-18-28(39-2)29(20-23)40-3)30(22-12-7-5-8-13-22)27-16-11-19-35(27)31(25)37(34-26)24-14-9-6-10-15-24/h5-20,30H,4,21H2,1-3H3,(H,33,38)/t30-/m0/s1. The first-order chi connectivity index (χ1) is 19.6. The van der Waals surface area contributed by atoms with E-state index in [4.69, 9.17) is 14.6 Å². The van der Waals surface area contributed by atoms with Crippen molar-refractivity contribution in [3.05, 3.63) is 120 Å². The zero-order chi connectivity index (χ0) is 27.6. The Balaban J connectivity index is 1.51. The summed E-state index contributed by atoms with van der Waals surface area (Å²) in [6.07, 6.45) is 2.79. The summed E-state index contributed by atoms with van der Waals surface area (Å²) >= 11 is 0. The Morgan fingerprint density at radius 3 is 2.35 bits per heavy atom. The summed E-state index contributed by atoms with van der Waals surface area (Å²) in [7, 11) is 3.17. The lowest BCUT2D eigenvalue weighted by Crippen LogP contribution is -2.38. The van der Waals surface area contributed by atoms with Gasteiger partial charge in [0.1, 0.15) is 5.82 Å². The van der Waals surface area contributed by atoms with E-state index in [0.29, 0.717) is 23.7 Å². The molecular formula is C32H31N5O3. The third kappa shape index (κ3) is 4.37. The van der Waals surface area contributed by atoms with Crippen LogP contribution in [0, 0.1) is 0 Å². The number of carbonyl (C=O) groups is 1. The molecule has 2 aromatic heterocycles. The van der Waals surface area contributed by atoms with Crippen molar-refractivity contribution in [1.82, 2.24) is 19.2 Å². The van der Waals surface area contributed by atoms with Gasteiger partial charge in [-0.15, -0.1) is 0 Å². The highest BCUT2D eigenvalue weighted by molar-refractivity contribution is 5.90. The van der Waals surface area contributed by atoms with Crippen LogP contribution in [0.25, 0.3) is 11.5 Å². The number of urea groups is 1. The van der Waals surface area contributed by atoms with Crippen molar-refractivity contribution < 1.29 is 14.3 Å². The zero-order valence-electron chi connectivity index (χ0n) is 22.7. The van der Waals surface area contributed by atoms with Gasteiger partial charge < -0.3 is 24.3 Å². The van der Waals surface area contributed by atoms with E-state index >= 15 is 0 Å². The monoisotopic (exact) mass is 533 g/mol. The van der Waals surface area contributed by atoms with Crippen molar-refractivity contribution in [3.63, 3.8) is 0 Å². The molecule has 40 heavy (non-hydrogen) atoms. The van der Waals surface area contributed by atoms with Crippen molar-refractivity contribution in [3.8, 4) is 23.0 Å². The molecule has 202 valence electrons. The molecule has 1 atom stereocenters. The highest BCUT2D eigenvalue weighted by Gasteiger charge is 2.36. The summed E-state index contributed by atoms with van der Waals surface area (Å²) in [4.78, 5) is 16.1. The number of hydrogen-bond acceptors (Lipinski definition) is 4. The summed E-state index contributed by atoms with van der Waals surface area (Å²) in [6.45, 7) is 2.48. The van der Waals surface area contributed by atoms with Crippen LogP contribution >= 0.6 is 0 Å². The molecule has 2 amide bonds. The zero-order valence-corrected chi connectivity index (χ0v) is 22.7. The van der Waals surface area contributed by atoms with Crippen molar-refractivity contribution in [1.29, 1.82) is 0 Å². The van der Waals surface area contributed by atoms with Crippen LogP contribution in [0.3, 0.4) is 0 Å². The molecule has 0 saturated carbocycles. The number of methoxy groups -OCH3 is 2. The van der Waals surface area contributed by atoms with E-state index in [1.54, 1.807) is 26.4 Å². The summed E-state index contributed by atoms with van der Waals surface area (Å²) in [6, 6.07) is 29.2. The number of aromatic nitrogens is 3. The van der Waals surface area contributed by atoms with Gasteiger partial charge in [-0.1, -0.05) is 55.5 Å². The normalized spacial score (nSPS) is 14.2. The van der Waals surface area contributed by atoms with Crippen LogP contribution in [0.15, 0.2) is 97.2 Å². The number of nitrogens with one attached hydrogen (secondary N) is 1. The maximum atomic E-state index is 14.2. The van der Waals surface area contributed by atoms with Crippen molar-refractivity contribution in [2.24, 2.45) is 0 Å². The Kier molecular flexibility index (Phi) is 6.74. The van der Waals surface area contributed by atoms with Gasteiger partial charge in [0.25, 0.3) is 0 Å². The largest absolute Gasteiger partial charge is 0.493 e. The molecule has 1 aliphatic heterocycles. The smallest absolute Gasteiger partial charge is 0.322 e. The molecule has 1 N–H and O–H groups in total. The maximum absolute atomic E-state index is 14.2. The number of fused-ring (bicyclic) bond motifs is 3. The second-order valence-electron chi connectivity index (χ2n) is 9.59. The molecule has 0 fully saturated rings. The first kappa shape index (κ1) is 25.3. The lowest BCUT2D eigenvalue weighted by atomic mass is 10.0. The molecule has 1 aliphatic rings. The highest BCUT2D eigenvalue weighted by atomic mass is 16.5. The number of hydrogen-bond donors (Lipinski definition) is 1. The van der Waals surface area contributed by atoms with Crippen LogP contribution in [0.4, 0.5) is 10.5 Å². The Bertz CT molecular complexity index is 1640. The number of nitrogens with zero attached hydrogens (tertiary/aromatic N) is 4. The van der Waals surface area contributed by atoms with Crippen LogP contribution in [-0.2, 0) is 13.0 Å². The molecule has 0 bridgehead atoms. The van der Waals surface area contributed by atoms with Gasteiger partial charge in [-0.3, -0.25) is 0 Å². The van der Waals surface area contributed by atoms with Gasteiger partial charge in [0.15, 0.2) is 11.5 Å². The fourth-order valence-corrected chi connectivity index (χ4v) is 5.44. The van der Waals surface area contributed by atoms with E-state index in [1.165, 1.54) is 0 Å². The summed E-state index contributed by atoms with van der Waals surface area (Å²) in [5, 5.41) is 8.13. The third-order valence-corrected chi connectivity index (χ3v) is 7.31. The summed E-state index contributed by atoms with van der Waals surface area (Å²) in [5.41, 5.74) is 5.56. The van der Waals surface area contributed by atoms with E-state index in [9.17, 15) is 4.79 Å². The number of carbonyl (C=O) groups excluding carboxylic acids is 1. The topological polar surface area (TPSA) is 73.6 Å². The molecule has 6 rings (SSSR count). The fraction of sp³-hybridized carbons (Fsp3) is 0.188. The van der Waals surface area contributed by atoms with Gasteiger partial charge in [-0.2, -0.15) is 5.10 Å². The highest BCUT2D eigenvalue weighted by Crippen LogP contribution is 2.39. The van der Waals surface area contributed by atoms with Crippen LogP contribution in [-0.4, -0.2) is 39.5 Å². The summed E-state index contributed by atoms with van der Waals surface area (Å²) < 4.78 is 15.0. The number of benzene rings is 3. The average molecular weight is 534 g/mol. The predicted molar refractivity (Wildman–Crippen MR) is 155 cm³/mol. The van der Waals surface area contributed by atoms with Crippen molar-refractivity contribution >= 4 is 11.7 Å². The number of ether oxygens (including phenoxy) is 2. The van der Waals surface area contributed by atoms with E-state index in [2.05, 4.69) is 53.3 Å². The SMILES string of the molecule is CCc1nn(-c2ccccc2)c2c1CN(C(=O)Nc1ccc(OC)c(OC)c1)[C@@H](c1ccccc1)c1cccn1-2. The number of para-hydroxylation sites is 1. The molecule has 3 aromatic carbocycles. The fourth-order valence-electron chi connectivity index (χ4n) is 5.44. The Labute approximate surface area is 233 Å². The summed E-state index contributed by atoms with van der Waals surface area (Å²) in [5.74, 6) is 2.09. The lowest BCUT2D eigenvalue weighted by molar-refractivity contribution is 0.194. The Morgan fingerprint density at radius 2 is 1.65 bits per heavy atom. The van der Waals surface area contributed by atoms with Gasteiger partial charge in [0, 0.05) is 23.5 Å². The molecule has 0 unspecified atom stereocenters. The first-order valence-corrected chi connectivity index (χ1v) is 13.3. The second-order valence-corrected chi connectivity index (χ2v) is 9.59. The average Bonchev–Trinajstić information content (AvgIpc) is 3.59. The second kappa shape index (κ2) is 10.6. The molecule has 8 nitrogen and oxygen atoms in total. The lowest BCUT2D eigenvalue weighted by Gasteiger charge is -2.31. The molecule has 0 saturated heterocycles. The third-order valence-electron chi connectivity index (χ3n) is 7.31. The maximum Gasteiger partial charge on any atom is 0.322 e. The molecule has 0 aliphatic carbocycles. The van der Waals surface area contributed by atoms with E-state index in [0.717, 1.165) is 40.4 Å². The minimum absolute atomic E-state index is 0.226. The van der Waals surface area contributed by atoms with Crippen LogP contribution in [0.2, 0.25) is 0 Å². The molecule has 5 aromatic rings. The van der Waals surface area contributed by atoms with E-state index in [-0.39, 0.29) is 12.1 Å².